The maximum Gasteiger partial charge on any atom is 0.308 e. The fourth-order valence-electron chi connectivity index (χ4n) is 3.73. The highest BCUT2D eigenvalue weighted by Gasteiger charge is 2.27. The Morgan fingerprint density at radius 3 is 2.46 bits per heavy atom. The number of esters is 1. The highest BCUT2D eigenvalue weighted by atomic mass is 16.7. The first-order valence-corrected chi connectivity index (χ1v) is 10.3. The van der Waals surface area contributed by atoms with Gasteiger partial charge in [-0.15, -0.1) is 0 Å². The normalized spacial score (nSPS) is 15.8. The second-order valence-electron chi connectivity index (χ2n) is 7.42. The van der Waals surface area contributed by atoms with Gasteiger partial charge in [-0.25, -0.2) is 0 Å². The molecule has 28 heavy (non-hydrogen) atoms. The molecule has 0 bridgehead atoms. The molecular weight excluding hydrogens is 352 g/mol. The van der Waals surface area contributed by atoms with Crippen molar-refractivity contribution in [1.29, 1.82) is 0 Å². The molecule has 0 aromatic heterocycles. The van der Waals surface area contributed by atoms with E-state index in [4.69, 9.17) is 14.2 Å². The van der Waals surface area contributed by atoms with E-state index in [1.54, 1.807) is 12.5 Å². The van der Waals surface area contributed by atoms with Crippen molar-refractivity contribution < 1.29 is 19.0 Å². The molecule has 0 amide bonds. The number of benzene rings is 2. The van der Waals surface area contributed by atoms with Gasteiger partial charge in [0.15, 0.2) is 0 Å². The lowest BCUT2D eigenvalue weighted by atomic mass is 9.90. The zero-order valence-electron chi connectivity index (χ0n) is 16.8. The van der Waals surface area contributed by atoms with Crippen LogP contribution in [0.5, 0.6) is 0 Å². The lowest BCUT2D eigenvalue weighted by Crippen LogP contribution is -2.19. The predicted octanol–water partition coefficient (Wildman–Crippen LogP) is 5.92. The Hall–Kier alpha value is -2.49. The minimum atomic E-state index is -0.264. The summed E-state index contributed by atoms with van der Waals surface area (Å²) >= 11 is 0. The molecule has 4 nitrogen and oxygen atoms in total. The van der Waals surface area contributed by atoms with Crippen LogP contribution in [0.3, 0.4) is 0 Å². The van der Waals surface area contributed by atoms with Gasteiger partial charge in [-0.1, -0.05) is 68.7 Å². The van der Waals surface area contributed by atoms with Crippen LogP contribution >= 0.6 is 0 Å². The largest absolute Gasteiger partial charge is 0.466 e. The van der Waals surface area contributed by atoms with E-state index in [2.05, 4.69) is 42.5 Å². The monoisotopic (exact) mass is 382 g/mol. The van der Waals surface area contributed by atoms with Crippen LogP contribution in [-0.4, -0.2) is 18.9 Å². The number of unbranched alkanes of at least 4 members (excludes halogenated alkanes) is 2. The summed E-state index contributed by atoms with van der Waals surface area (Å²) in [5, 5.41) is 2.48. The van der Waals surface area contributed by atoms with Gasteiger partial charge in [-0.2, -0.15) is 0 Å². The van der Waals surface area contributed by atoms with Crippen LogP contribution in [0.25, 0.3) is 10.8 Å². The van der Waals surface area contributed by atoms with Crippen molar-refractivity contribution in [3.05, 3.63) is 60.6 Å². The minimum absolute atomic E-state index is 0.0260. The van der Waals surface area contributed by atoms with Crippen LogP contribution in [0.15, 0.2) is 55.0 Å². The molecule has 4 heteroatoms. The van der Waals surface area contributed by atoms with Gasteiger partial charge in [0.05, 0.1) is 18.4 Å². The summed E-state index contributed by atoms with van der Waals surface area (Å²) in [4.78, 5) is 11.7. The third kappa shape index (κ3) is 5.28. The highest BCUT2D eigenvalue weighted by molar-refractivity contribution is 5.83. The van der Waals surface area contributed by atoms with Crippen molar-refractivity contribution in [1.82, 2.24) is 0 Å². The Labute approximate surface area is 167 Å². The zero-order valence-corrected chi connectivity index (χ0v) is 16.8. The molecule has 1 aliphatic rings. The van der Waals surface area contributed by atoms with Crippen LogP contribution in [0, 0.1) is 5.92 Å². The summed E-state index contributed by atoms with van der Waals surface area (Å²) in [6, 6.07) is 15.0. The summed E-state index contributed by atoms with van der Waals surface area (Å²) < 4.78 is 16.4. The van der Waals surface area contributed by atoms with Crippen molar-refractivity contribution in [3.8, 4) is 0 Å². The molecule has 0 spiro atoms. The molecule has 0 fully saturated rings. The van der Waals surface area contributed by atoms with Gasteiger partial charge >= 0.3 is 5.97 Å². The third-order valence-electron chi connectivity index (χ3n) is 5.35. The first kappa shape index (κ1) is 20.2. The van der Waals surface area contributed by atoms with E-state index < -0.39 is 0 Å². The second-order valence-corrected chi connectivity index (χ2v) is 7.42. The molecule has 2 unspecified atom stereocenters. The molecule has 150 valence electrons. The van der Waals surface area contributed by atoms with Crippen LogP contribution in [0.1, 0.15) is 57.4 Å². The maximum absolute atomic E-state index is 11.7. The average Bonchev–Trinajstić information content (AvgIpc) is 3.24. The summed E-state index contributed by atoms with van der Waals surface area (Å²) in [6.45, 7) is 4.24. The van der Waals surface area contributed by atoms with Gasteiger partial charge in [0.25, 0.3) is 0 Å². The first-order valence-electron chi connectivity index (χ1n) is 10.3. The van der Waals surface area contributed by atoms with Crippen molar-refractivity contribution in [2.24, 2.45) is 5.92 Å². The van der Waals surface area contributed by atoms with Crippen LogP contribution in [-0.2, 0) is 19.0 Å². The lowest BCUT2D eigenvalue weighted by Gasteiger charge is -2.23. The second kappa shape index (κ2) is 10.2. The number of carbonyl (C=O) groups is 1. The van der Waals surface area contributed by atoms with Crippen molar-refractivity contribution in [2.75, 3.05) is 6.61 Å². The Balaban J connectivity index is 1.56. The highest BCUT2D eigenvalue weighted by Crippen LogP contribution is 2.33. The summed E-state index contributed by atoms with van der Waals surface area (Å²) in [7, 11) is 0. The SMILES string of the molecule is CCOC(=O)C(C)CCCCCC(c1ccc2ccccc2c1)C1OC=CO1. The number of carbonyl (C=O) groups excluding carboxylic acids is 1. The third-order valence-corrected chi connectivity index (χ3v) is 5.35. The Morgan fingerprint density at radius 1 is 1.00 bits per heavy atom. The van der Waals surface area contributed by atoms with Gasteiger partial charge in [-0.05, 0) is 36.1 Å². The van der Waals surface area contributed by atoms with E-state index >= 15 is 0 Å². The quantitative estimate of drug-likeness (QED) is 0.378. The van der Waals surface area contributed by atoms with Gasteiger partial charge in [0.2, 0.25) is 6.29 Å². The van der Waals surface area contributed by atoms with Crippen LogP contribution in [0.4, 0.5) is 0 Å². The molecule has 1 heterocycles. The van der Waals surface area contributed by atoms with E-state index in [-0.39, 0.29) is 24.1 Å². The molecule has 0 aliphatic carbocycles. The topological polar surface area (TPSA) is 44.8 Å². The molecular formula is C24H30O4. The Bertz CT molecular complexity index is 790. The van der Waals surface area contributed by atoms with E-state index in [9.17, 15) is 4.79 Å². The van der Waals surface area contributed by atoms with Gasteiger partial charge < -0.3 is 14.2 Å². The lowest BCUT2D eigenvalue weighted by molar-refractivity contribution is -0.147. The van der Waals surface area contributed by atoms with Crippen molar-refractivity contribution in [2.45, 2.75) is 58.2 Å². The molecule has 0 radical (unpaired) electrons. The summed E-state index contributed by atoms with van der Waals surface area (Å²) in [5.41, 5.74) is 1.24. The maximum atomic E-state index is 11.7. The number of hydrogen-bond acceptors (Lipinski definition) is 4. The summed E-state index contributed by atoms with van der Waals surface area (Å²) in [6.07, 6.45) is 8.01. The fraction of sp³-hybridized carbons (Fsp3) is 0.458. The summed E-state index contributed by atoms with van der Waals surface area (Å²) in [5.74, 6) is 0.0689. The molecule has 1 aliphatic heterocycles. The van der Waals surface area contributed by atoms with Gasteiger partial charge in [-0.3, -0.25) is 4.79 Å². The van der Waals surface area contributed by atoms with Crippen molar-refractivity contribution >= 4 is 16.7 Å². The Morgan fingerprint density at radius 2 is 1.71 bits per heavy atom. The average molecular weight is 383 g/mol. The number of fused-ring (bicyclic) bond motifs is 1. The predicted molar refractivity (Wildman–Crippen MR) is 111 cm³/mol. The van der Waals surface area contributed by atoms with Gasteiger partial charge in [0.1, 0.15) is 12.5 Å². The van der Waals surface area contributed by atoms with Gasteiger partial charge in [0, 0.05) is 0 Å². The fourth-order valence-corrected chi connectivity index (χ4v) is 3.73. The molecule has 2 aromatic rings. The molecule has 0 N–H and O–H groups in total. The smallest absolute Gasteiger partial charge is 0.308 e. The van der Waals surface area contributed by atoms with Crippen molar-refractivity contribution in [3.63, 3.8) is 0 Å². The molecule has 0 saturated carbocycles. The van der Waals surface area contributed by atoms with E-state index in [1.165, 1.54) is 16.3 Å². The van der Waals surface area contributed by atoms with E-state index in [0.717, 1.165) is 32.1 Å². The minimum Gasteiger partial charge on any atom is -0.466 e. The number of rotatable bonds is 10. The standard InChI is InChI=1S/C24H30O4/c1-3-26-23(25)18(2)9-5-4-6-12-22(24-27-15-16-28-24)21-14-13-19-10-7-8-11-20(19)17-21/h7-8,10-11,13-18,22,24H,3-6,9,12H2,1-2H3. The van der Waals surface area contributed by atoms with E-state index in [1.807, 2.05) is 13.8 Å². The number of hydrogen-bond donors (Lipinski definition) is 0. The number of ether oxygens (including phenoxy) is 3. The molecule has 3 rings (SSSR count). The molecule has 2 atom stereocenters. The molecule has 0 saturated heterocycles. The van der Waals surface area contributed by atoms with E-state index in [0.29, 0.717) is 6.61 Å². The molecule has 2 aromatic carbocycles. The first-order chi connectivity index (χ1) is 13.7. The Kier molecular flexibility index (Phi) is 7.35. The van der Waals surface area contributed by atoms with Crippen LogP contribution in [0.2, 0.25) is 0 Å². The zero-order chi connectivity index (χ0) is 19.8. The van der Waals surface area contributed by atoms with Crippen LogP contribution < -0.4 is 0 Å².